The number of Topliss-reactive ketones (excluding diaryl/α,β-unsaturated/α-hetero) is 1. The van der Waals surface area contributed by atoms with Crippen molar-refractivity contribution in [1.29, 1.82) is 0 Å². The van der Waals surface area contributed by atoms with Crippen molar-refractivity contribution in [2.24, 2.45) is 0 Å². The summed E-state index contributed by atoms with van der Waals surface area (Å²) in [6.07, 6.45) is 5.04. The van der Waals surface area contributed by atoms with E-state index >= 15 is 0 Å². The molecule has 1 amide bonds. The number of ether oxygens (including phenoxy) is 1. The molecule has 6 nitrogen and oxygen atoms in total. The first-order chi connectivity index (χ1) is 12.9. The van der Waals surface area contributed by atoms with Crippen molar-refractivity contribution >= 4 is 21.7 Å². The second-order valence-corrected chi connectivity index (χ2v) is 10.1. The summed E-state index contributed by atoms with van der Waals surface area (Å²) in [4.78, 5) is 27.2. The minimum atomic E-state index is -3.23. The number of amides is 1. The summed E-state index contributed by atoms with van der Waals surface area (Å²) >= 11 is 0. The molecule has 0 N–H and O–H groups in total. The Bertz CT molecular complexity index is 838. The third kappa shape index (κ3) is 3.37. The smallest absolute Gasteiger partial charge is 0.410 e. The summed E-state index contributed by atoms with van der Waals surface area (Å²) in [6.45, 7) is 1.91. The average Bonchev–Trinajstić information content (AvgIpc) is 3.28. The molecule has 2 atom stereocenters. The largest absolute Gasteiger partial charge is 0.447 e. The van der Waals surface area contributed by atoms with Gasteiger partial charge < -0.3 is 4.74 Å². The number of rotatable bonds is 6. The van der Waals surface area contributed by atoms with Crippen LogP contribution in [0.5, 0.6) is 0 Å². The molecule has 3 aliphatic rings. The predicted molar refractivity (Wildman–Crippen MR) is 99.3 cm³/mol. The van der Waals surface area contributed by atoms with E-state index in [1.54, 1.807) is 29.2 Å². The molecular formula is C20H25NO5S. The first-order valence-electron chi connectivity index (χ1n) is 9.72. The zero-order valence-electron chi connectivity index (χ0n) is 15.5. The lowest BCUT2D eigenvalue weighted by atomic mass is 9.92. The molecule has 2 saturated carbocycles. The van der Waals surface area contributed by atoms with E-state index in [-0.39, 0.29) is 23.7 Å². The van der Waals surface area contributed by atoms with Gasteiger partial charge in [0.2, 0.25) is 0 Å². The van der Waals surface area contributed by atoms with Gasteiger partial charge in [0.15, 0.2) is 15.6 Å². The van der Waals surface area contributed by atoms with Gasteiger partial charge in [-0.3, -0.25) is 9.69 Å². The fraction of sp³-hybridized carbons (Fsp3) is 0.600. The molecular weight excluding hydrogens is 366 g/mol. The highest BCUT2D eigenvalue weighted by Crippen LogP contribution is 2.35. The topological polar surface area (TPSA) is 80.8 Å². The molecule has 0 spiro atoms. The molecule has 7 heteroatoms. The van der Waals surface area contributed by atoms with Gasteiger partial charge in [0.1, 0.15) is 12.6 Å². The third-order valence-corrected chi connectivity index (χ3v) is 8.33. The minimum Gasteiger partial charge on any atom is -0.447 e. The average molecular weight is 391 g/mol. The Balaban J connectivity index is 1.50. The van der Waals surface area contributed by atoms with Gasteiger partial charge in [0.05, 0.1) is 10.1 Å². The Morgan fingerprint density at radius 3 is 2.33 bits per heavy atom. The van der Waals surface area contributed by atoms with Gasteiger partial charge in [-0.05, 0) is 43.4 Å². The van der Waals surface area contributed by atoms with Crippen LogP contribution in [0.4, 0.5) is 4.79 Å². The number of ketones is 1. The van der Waals surface area contributed by atoms with Crippen molar-refractivity contribution in [3.05, 3.63) is 29.8 Å². The zero-order chi connectivity index (χ0) is 19.2. The molecule has 1 heterocycles. The van der Waals surface area contributed by atoms with E-state index in [0.29, 0.717) is 4.90 Å². The van der Waals surface area contributed by atoms with E-state index in [0.717, 1.165) is 44.1 Å². The number of sulfone groups is 1. The Morgan fingerprint density at radius 1 is 1.11 bits per heavy atom. The highest BCUT2D eigenvalue weighted by molar-refractivity contribution is 7.92. The molecule has 1 unspecified atom stereocenters. The Hall–Kier alpha value is -1.89. The molecule has 0 radical (unpaired) electrons. The second kappa shape index (κ2) is 6.93. The Labute approximate surface area is 159 Å². The van der Waals surface area contributed by atoms with Gasteiger partial charge in [-0.1, -0.05) is 31.9 Å². The van der Waals surface area contributed by atoms with Crippen LogP contribution in [0.15, 0.2) is 29.2 Å². The Kier molecular flexibility index (Phi) is 4.74. The number of carbonyl (C=O) groups is 2. The number of carbonyl (C=O) groups excluding carboxylic acids is 2. The minimum absolute atomic E-state index is 0.0504. The van der Waals surface area contributed by atoms with Gasteiger partial charge in [0.25, 0.3) is 0 Å². The van der Waals surface area contributed by atoms with Crippen LogP contribution in [0, 0.1) is 0 Å². The van der Waals surface area contributed by atoms with Crippen molar-refractivity contribution in [2.75, 3.05) is 6.61 Å². The van der Waals surface area contributed by atoms with E-state index in [9.17, 15) is 18.0 Å². The van der Waals surface area contributed by atoms with Crippen LogP contribution in [0.3, 0.4) is 0 Å². The number of cyclic esters (lactones) is 1. The maximum Gasteiger partial charge on any atom is 0.410 e. The van der Waals surface area contributed by atoms with Crippen LogP contribution in [-0.4, -0.2) is 49.1 Å². The van der Waals surface area contributed by atoms with E-state index in [1.165, 1.54) is 0 Å². The molecule has 146 valence electrons. The SMILES string of the molecule is C[C@H](C(=O)C1COC(=O)N1C1CCCC1)c1ccc(S(=O)(=O)C2CC2)cc1. The normalized spacial score (nSPS) is 24.9. The maximum absolute atomic E-state index is 13.1. The number of hydrogen-bond acceptors (Lipinski definition) is 5. The van der Waals surface area contributed by atoms with Crippen LogP contribution < -0.4 is 0 Å². The monoisotopic (exact) mass is 391 g/mol. The summed E-state index contributed by atoms with van der Waals surface area (Å²) in [5.74, 6) is -0.475. The molecule has 3 fully saturated rings. The maximum atomic E-state index is 13.1. The van der Waals surface area contributed by atoms with Crippen LogP contribution in [0.25, 0.3) is 0 Å². The summed E-state index contributed by atoms with van der Waals surface area (Å²) in [5.41, 5.74) is 0.764. The molecule has 0 bridgehead atoms. The van der Waals surface area contributed by atoms with Crippen LogP contribution >= 0.6 is 0 Å². The van der Waals surface area contributed by atoms with Crippen molar-refractivity contribution < 1.29 is 22.7 Å². The fourth-order valence-corrected chi connectivity index (χ4v) is 5.86. The zero-order valence-corrected chi connectivity index (χ0v) is 16.3. The van der Waals surface area contributed by atoms with E-state index in [1.807, 2.05) is 6.92 Å². The van der Waals surface area contributed by atoms with E-state index < -0.39 is 27.9 Å². The third-order valence-electron chi connectivity index (χ3n) is 6.06. The number of hydrogen-bond donors (Lipinski definition) is 0. The molecule has 1 aromatic carbocycles. The van der Waals surface area contributed by atoms with Crippen LogP contribution in [0.1, 0.15) is 56.9 Å². The summed E-state index contributed by atoms with van der Waals surface area (Å²) in [7, 11) is -3.23. The summed E-state index contributed by atoms with van der Waals surface area (Å²) < 4.78 is 29.8. The van der Waals surface area contributed by atoms with Gasteiger partial charge in [-0.2, -0.15) is 0 Å². The van der Waals surface area contributed by atoms with Crippen molar-refractivity contribution in [3.8, 4) is 0 Å². The highest BCUT2D eigenvalue weighted by atomic mass is 32.2. The highest BCUT2D eigenvalue weighted by Gasteiger charge is 2.44. The van der Waals surface area contributed by atoms with E-state index in [2.05, 4.69) is 0 Å². The molecule has 4 rings (SSSR count). The van der Waals surface area contributed by atoms with Crippen LogP contribution in [-0.2, 0) is 19.4 Å². The van der Waals surface area contributed by atoms with E-state index in [4.69, 9.17) is 4.74 Å². The Morgan fingerprint density at radius 2 is 1.74 bits per heavy atom. The van der Waals surface area contributed by atoms with Crippen molar-refractivity contribution in [3.63, 3.8) is 0 Å². The quantitative estimate of drug-likeness (QED) is 0.744. The van der Waals surface area contributed by atoms with Crippen molar-refractivity contribution in [1.82, 2.24) is 4.90 Å². The lowest BCUT2D eigenvalue weighted by Crippen LogP contribution is -2.46. The summed E-state index contributed by atoms with van der Waals surface area (Å²) in [6, 6.07) is 6.16. The molecule has 1 aliphatic heterocycles. The molecule has 1 saturated heterocycles. The lowest BCUT2D eigenvalue weighted by Gasteiger charge is -2.28. The van der Waals surface area contributed by atoms with Gasteiger partial charge >= 0.3 is 6.09 Å². The molecule has 1 aromatic rings. The van der Waals surface area contributed by atoms with Crippen molar-refractivity contribution in [2.45, 2.75) is 73.6 Å². The number of benzene rings is 1. The predicted octanol–water partition coefficient (Wildman–Crippen LogP) is 3.06. The first kappa shape index (κ1) is 18.5. The summed E-state index contributed by atoms with van der Waals surface area (Å²) in [5, 5.41) is -0.246. The van der Waals surface area contributed by atoms with Gasteiger partial charge in [-0.25, -0.2) is 13.2 Å². The molecule has 2 aliphatic carbocycles. The molecule has 27 heavy (non-hydrogen) atoms. The number of nitrogens with zero attached hydrogens (tertiary/aromatic N) is 1. The van der Waals surface area contributed by atoms with Gasteiger partial charge in [0, 0.05) is 12.0 Å². The van der Waals surface area contributed by atoms with Gasteiger partial charge in [-0.15, -0.1) is 0 Å². The fourth-order valence-electron chi connectivity index (χ4n) is 4.21. The first-order valence-corrected chi connectivity index (χ1v) is 11.3. The second-order valence-electron chi connectivity index (χ2n) is 7.88. The van der Waals surface area contributed by atoms with Crippen LogP contribution in [0.2, 0.25) is 0 Å². The molecule has 0 aromatic heterocycles. The lowest BCUT2D eigenvalue weighted by molar-refractivity contribution is -0.124. The standard InChI is InChI=1S/C20H25NO5S/c1-13(14-6-8-16(9-7-14)27(24,25)17-10-11-17)19(22)18-12-26-20(23)21(18)15-4-2-3-5-15/h6-9,13,15,17-18H,2-5,10-12H2,1H3/t13-,18?/m0/s1.